The Morgan fingerprint density at radius 3 is 2.62 bits per heavy atom. The normalized spacial score (nSPS) is 11.0. The van der Waals surface area contributed by atoms with Gasteiger partial charge in [-0.05, 0) is 44.9 Å². The minimum Gasteiger partial charge on any atom is -0.352 e. The number of carbonyl (C=O) groups excluding carboxylic acids is 1. The zero-order valence-electron chi connectivity index (χ0n) is 14.2. The molecule has 1 amide bonds. The van der Waals surface area contributed by atoms with E-state index in [1.807, 2.05) is 37.5 Å². The van der Waals surface area contributed by atoms with Gasteiger partial charge in [0.25, 0.3) is 5.91 Å². The van der Waals surface area contributed by atoms with E-state index in [0.29, 0.717) is 12.1 Å². The van der Waals surface area contributed by atoms with Crippen LogP contribution in [0.15, 0.2) is 30.9 Å². The van der Waals surface area contributed by atoms with Gasteiger partial charge in [0.1, 0.15) is 12.7 Å². The van der Waals surface area contributed by atoms with Crippen LogP contribution in [0.1, 0.15) is 33.6 Å². The molecule has 0 saturated heterocycles. The minimum atomic E-state index is -0.0562. The molecule has 0 fully saturated rings. The SMILES string of the molecule is Cc1cc(C)c2nc(C)cc(C(=O)NCCCn3cnnc3)c2c1. The Labute approximate surface area is 140 Å². The Morgan fingerprint density at radius 1 is 1.12 bits per heavy atom. The van der Waals surface area contributed by atoms with Crippen LogP contribution in [-0.4, -0.2) is 32.2 Å². The predicted molar refractivity (Wildman–Crippen MR) is 92.9 cm³/mol. The third-order valence-electron chi connectivity index (χ3n) is 3.97. The van der Waals surface area contributed by atoms with Crippen LogP contribution in [0.3, 0.4) is 0 Å². The van der Waals surface area contributed by atoms with Gasteiger partial charge >= 0.3 is 0 Å². The maximum absolute atomic E-state index is 12.6. The molecule has 0 spiro atoms. The number of pyridine rings is 1. The first kappa shape index (κ1) is 16.1. The molecule has 0 saturated carbocycles. The fourth-order valence-electron chi connectivity index (χ4n) is 2.89. The second-order valence-electron chi connectivity index (χ2n) is 6.10. The summed E-state index contributed by atoms with van der Waals surface area (Å²) in [4.78, 5) is 17.2. The predicted octanol–water partition coefficient (Wildman–Crippen LogP) is 2.57. The van der Waals surface area contributed by atoms with Crippen LogP contribution in [0.5, 0.6) is 0 Å². The summed E-state index contributed by atoms with van der Waals surface area (Å²) in [5.41, 5.74) is 4.66. The Bertz CT molecular complexity index is 871. The lowest BCUT2D eigenvalue weighted by atomic mass is 10.0. The molecule has 1 aromatic carbocycles. The summed E-state index contributed by atoms with van der Waals surface area (Å²) in [5, 5.41) is 11.4. The number of rotatable bonds is 5. The molecule has 2 heterocycles. The van der Waals surface area contributed by atoms with Gasteiger partial charge in [0.2, 0.25) is 0 Å². The van der Waals surface area contributed by atoms with Gasteiger partial charge in [0.15, 0.2) is 0 Å². The topological polar surface area (TPSA) is 72.7 Å². The highest BCUT2D eigenvalue weighted by atomic mass is 16.1. The molecule has 0 radical (unpaired) electrons. The number of fused-ring (bicyclic) bond motifs is 1. The van der Waals surface area contributed by atoms with Crippen molar-refractivity contribution in [3.05, 3.63) is 53.2 Å². The zero-order chi connectivity index (χ0) is 17.1. The maximum Gasteiger partial charge on any atom is 0.252 e. The van der Waals surface area contributed by atoms with Crippen LogP contribution >= 0.6 is 0 Å². The van der Waals surface area contributed by atoms with Crippen LogP contribution in [0.4, 0.5) is 0 Å². The summed E-state index contributed by atoms with van der Waals surface area (Å²) < 4.78 is 1.89. The van der Waals surface area contributed by atoms with Crippen LogP contribution in [0, 0.1) is 20.8 Å². The highest BCUT2D eigenvalue weighted by Gasteiger charge is 2.13. The average molecular weight is 323 g/mol. The Kier molecular flexibility index (Phi) is 4.55. The molecular weight excluding hydrogens is 302 g/mol. The highest BCUT2D eigenvalue weighted by Crippen LogP contribution is 2.23. The van der Waals surface area contributed by atoms with E-state index in [2.05, 4.69) is 26.6 Å². The van der Waals surface area contributed by atoms with Gasteiger partial charge in [-0.1, -0.05) is 11.6 Å². The van der Waals surface area contributed by atoms with E-state index in [1.165, 1.54) is 0 Å². The number of nitrogens with zero attached hydrogens (tertiary/aromatic N) is 4. The van der Waals surface area contributed by atoms with Crippen molar-refractivity contribution in [1.29, 1.82) is 0 Å². The zero-order valence-corrected chi connectivity index (χ0v) is 14.2. The van der Waals surface area contributed by atoms with Crippen LogP contribution < -0.4 is 5.32 Å². The van der Waals surface area contributed by atoms with E-state index in [0.717, 1.165) is 40.7 Å². The number of hydrogen-bond acceptors (Lipinski definition) is 4. The van der Waals surface area contributed by atoms with E-state index in [1.54, 1.807) is 12.7 Å². The number of nitrogens with one attached hydrogen (secondary N) is 1. The van der Waals surface area contributed by atoms with Crippen LogP contribution in [-0.2, 0) is 6.54 Å². The second kappa shape index (κ2) is 6.78. The first-order valence-corrected chi connectivity index (χ1v) is 8.04. The lowest BCUT2D eigenvalue weighted by Gasteiger charge is -2.11. The van der Waals surface area contributed by atoms with E-state index in [-0.39, 0.29) is 5.91 Å². The Morgan fingerprint density at radius 2 is 1.88 bits per heavy atom. The molecule has 1 N–H and O–H groups in total. The van der Waals surface area contributed by atoms with Crippen molar-refractivity contribution in [2.45, 2.75) is 33.7 Å². The lowest BCUT2D eigenvalue weighted by Crippen LogP contribution is -2.25. The molecular formula is C18H21N5O. The van der Waals surface area contributed by atoms with Crippen LogP contribution in [0.25, 0.3) is 10.9 Å². The van der Waals surface area contributed by atoms with Gasteiger partial charge in [-0.25, -0.2) is 0 Å². The van der Waals surface area contributed by atoms with Gasteiger partial charge in [0.05, 0.1) is 11.1 Å². The van der Waals surface area contributed by atoms with E-state index < -0.39 is 0 Å². The first-order valence-electron chi connectivity index (χ1n) is 8.04. The van der Waals surface area contributed by atoms with Crippen molar-refractivity contribution in [1.82, 2.24) is 25.1 Å². The number of hydrogen-bond donors (Lipinski definition) is 1. The number of carbonyl (C=O) groups is 1. The monoisotopic (exact) mass is 323 g/mol. The van der Waals surface area contributed by atoms with Crippen molar-refractivity contribution in [2.24, 2.45) is 0 Å². The standard InChI is InChI=1S/C18H21N5O/c1-12-7-13(2)17-15(8-12)16(9-14(3)22-17)18(24)19-5-4-6-23-10-20-21-11-23/h7-11H,4-6H2,1-3H3,(H,19,24). The number of amides is 1. The number of benzene rings is 1. The Balaban J connectivity index is 1.76. The summed E-state index contributed by atoms with van der Waals surface area (Å²) in [6, 6.07) is 5.98. The molecule has 6 nitrogen and oxygen atoms in total. The molecule has 3 rings (SSSR count). The minimum absolute atomic E-state index is 0.0562. The average Bonchev–Trinajstić information content (AvgIpc) is 3.05. The molecule has 3 aromatic rings. The summed E-state index contributed by atoms with van der Waals surface area (Å²) in [6.07, 6.45) is 4.17. The molecule has 0 bridgehead atoms. The van der Waals surface area contributed by atoms with Gasteiger partial charge in [0, 0.05) is 24.2 Å². The molecule has 0 aliphatic heterocycles. The second-order valence-corrected chi connectivity index (χ2v) is 6.10. The van der Waals surface area contributed by atoms with Gasteiger partial charge < -0.3 is 9.88 Å². The van der Waals surface area contributed by atoms with E-state index >= 15 is 0 Å². The lowest BCUT2D eigenvalue weighted by molar-refractivity contribution is 0.0954. The van der Waals surface area contributed by atoms with Crippen molar-refractivity contribution in [3.8, 4) is 0 Å². The molecule has 2 aromatic heterocycles. The molecule has 124 valence electrons. The third kappa shape index (κ3) is 3.42. The molecule has 6 heteroatoms. The van der Waals surface area contributed by atoms with Gasteiger partial charge in [-0.3, -0.25) is 9.78 Å². The quantitative estimate of drug-likeness (QED) is 0.733. The molecule has 0 atom stereocenters. The van der Waals surface area contributed by atoms with Crippen molar-refractivity contribution in [3.63, 3.8) is 0 Å². The highest BCUT2D eigenvalue weighted by molar-refractivity contribution is 6.07. The van der Waals surface area contributed by atoms with E-state index in [9.17, 15) is 4.79 Å². The van der Waals surface area contributed by atoms with Gasteiger partial charge in [-0.15, -0.1) is 10.2 Å². The summed E-state index contributed by atoms with van der Waals surface area (Å²) in [6.45, 7) is 7.36. The molecule has 0 aliphatic rings. The summed E-state index contributed by atoms with van der Waals surface area (Å²) in [5.74, 6) is -0.0562. The number of aryl methyl sites for hydroxylation is 4. The fourth-order valence-corrected chi connectivity index (χ4v) is 2.89. The fraction of sp³-hybridized carbons (Fsp3) is 0.333. The smallest absolute Gasteiger partial charge is 0.252 e. The third-order valence-corrected chi connectivity index (χ3v) is 3.97. The number of aromatic nitrogens is 4. The molecule has 0 aliphatic carbocycles. The van der Waals surface area contributed by atoms with Crippen molar-refractivity contribution in [2.75, 3.05) is 6.54 Å². The Hall–Kier alpha value is -2.76. The van der Waals surface area contributed by atoms with E-state index in [4.69, 9.17) is 0 Å². The summed E-state index contributed by atoms with van der Waals surface area (Å²) in [7, 11) is 0. The van der Waals surface area contributed by atoms with Crippen LogP contribution in [0.2, 0.25) is 0 Å². The van der Waals surface area contributed by atoms with Crippen molar-refractivity contribution < 1.29 is 4.79 Å². The van der Waals surface area contributed by atoms with Crippen molar-refractivity contribution >= 4 is 16.8 Å². The first-order chi connectivity index (χ1) is 11.5. The largest absolute Gasteiger partial charge is 0.352 e. The molecule has 0 unspecified atom stereocenters. The summed E-state index contributed by atoms with van der Waals surface area (Å²) >= 11 is 0. The maximum atomic E-state index is 12.6. The van der Waals surface area contributed by atoms with Gasteiger partial charge in [-0.2, -0.15) is 0 Å². The molecule has 24 heavy (non-hydrogen) atoms.